The van der Waals surface area contributed by atoms with Gasteiger partial charge in [-0.2, -0.15) is 0 Å². The summed E-state index contributed by atoms with van der Waals surface area (Å²) in [6.07, 6.45) is 0.876. The molecular weight excluding hydrogens is 351 g/mol. The Balaban J connectivity index is 0. The third-order valence-corrected chi connectivity index (χ3v) is 2.60. The maximum absolute atomic E-state index is 8.66. The Morgan fingerprint density at radius 1 is 0.909 bits per heavy atom. The molecule has 0 saturated carbocycles. The fraction of sp³-hybridized carbons (Fsp3) is 0.333. The van der Waals surface area contributed by atoms with Crippen LogP contribution in [-0.2, 0) is 45.7 Å². The van der Waals surface area contributed by atoms with Crippen molar-refractivity contribution in [3.63, 3.8) is 0 Å². The molecule has 0 aromatic heterocycles. The molecule has 3 nitrogen and oxygen atoms in total. The SMILES string of the molecule is CC.COc1ccc(CO)cc1.[NH-]CCc1ccccc1.[Y]. The minimum Gasteiger partial charge on any atom is -0.677 e. The molecule has 119 valence electrons. The van der Waals surface area contributed by atoms with Crippen LogP contribution in [0, 0.1) is 0 Å². The number of ether oxygens (including phenoxy) is 1. The van der Waals surface area contributed by atoms with Gasteiger partial charge in [-0.15, -0.1) is 6.54 Å². The summed E-state index contributed by atoms with van der Waals surface area (Å²) in [6.45, 7) is 4.58. The first-order valence-electron chi connectivity index (χ1n) is 7.22. The molecule has 2 N–H and O–H groups in total. The second kappa shape index (κ2) is 16.6. The summed E-state index contributed by atoms with van der Waals surface area (Å²) >= 11 is 0. The van der Waals surface area contributed by atoms with Gasteiger partial charge < -0.3 is 15.6 Å². The molecule has 0 aliphatic rings. The van der Waals surface area contributed by atoms with Crippen molar-refractivity contribution in [1.82, 2.24) is 0 Å². The van der Waals surface area contributed by atoms with Crippen LogP contribution < -0.4 is 4.74 Å². The Bertz CT molecular complexity index is 423. The molecule has 0 bridgehead atoms. The quantitative estimate of drug-likeness (QED) is 0.854. The first-order valence-corrected chi connectivity index (χ1v) is 7.22. The molecule has 22 heavy (non-hydrogen) atoms. The van der Waals surface area contributed by atoms with E-state index >= 15 is 0 Å². The van der Waals surface area contributed by atoms with Crippen LogP contribution in [0.2, 0.25) is 0 Å². The smallest absolute Gasteiger partial charge is 0.118 e. The van der Waals surface area contributed by atoms with Gasteiger partial charge in [0.05, 0.1) is 13.7 Å². The van der Waals surface area contributed by atoms with Gasteiger partial charge in [-0.25, -0.2) is 0 Å². The first-order chi connectivity index (χ1) is 10.3. The van der Waals surface area contributed by atoms with E-state index in [4.69, 9.17) is 15.6 Å². The van der Waals surface area contributed by atoms with Crippen molar-refractivity contribution in [3.05, 3.63) is 71.5 Å². The standard InChI is InChI=1S/C8H10N.C8H10O2.C2H6.Y/c9-7-6-8-4-2-1-3-5-8;1-10-8-4-2-7(6-9)3-5-8;1-2;/h1-5,9H,6-7H2;2-5,9H,6H2,1H3;1-2H3;/q-1;;;. The predicted octanol–water partition coefficient (Wildman–Crippen LogP) is 4.49. The van der Waals surface area contributed by atoms with Gasteiger partial charge in [0, 0.05) is 32.7 Å². The molecule has 2 aromatic carbocycles. The number of aliphatic hydroxyl groups excluding tert-OH is 1. The molecule has 1 radical (unpaired) electrons. The van der Waals surface area contributed by atoms with Crippen LogP contribution in [0.1, 0.15) is 25.0 Å². The van der Waals surface area contributed by atoms with E-state index in [0.717, 1.165) is 17.7 Å². The maximum Gasteiger partial charge on any atom is 0.118 e. The van der Waals surface area contributed by atoms with Gasteiger partial charge in [0.25, 0.3) is 0 Å². The molecule has 0 heterocycles. The molecular formula is C18H26NO2Y-. The number of hydrogen-bond acceptors (Lipinski definition) is 2. The maximum atomic E-state index is 8.66. The number of benzene rings is 2. The molecule has 0 aliphatic heterocycles. The fourth-order valence-corrected chi connectivity index (χ4v) is 1.52. The van der Waals surface area contributed by atoms with E-state index in [1.807, 2.05) is 56.3 Å². The third kappa shape index (κ3) is 10.9. The zero-order valence-electron chi connectivity index (χ0n) is 13.8. The number of nitrogens with one attached hydrogen (secondary N) is 1. The molecule has 4 heteroatoms. The predicted molar refractivity (Wildman–Crippen MR) is 89.6 cm³/mol. The summed E-state index contributed by atoms with van der Waals surface area (Å²) < 4.78 is 4.93. The molecule has 0 unspecified atom stereocenters. The average Bonchev–Trinajstić information content (AvgIpc) is 2.58. The zero-order valence-corrected chi connectivity index (χ0v) is 16.6. The van der Waals surface area contributed by atoms with Gasteiger partial charge in [0.2, 0.25) is 0 Å². The normalized spacial score (nSPS) is 8.41. The van der Waals surface area contributed by atoms with E-state index in [-0.39, 0.29) is 39.3 Å². The van der Waals surface area contributed by atoms with Crippen LogP contribution in [0.25, 0.3) is 5.73 Å². The van der Waals surface area contributed by atoms with E-state index in [0.29, 0.717) is 6.54 Å². The molecule has 0 atom stereocenters. The van der Waals surface area contributed by atoms with Crippen LogP contribution >= 0.6 is 0 Å². The monoisotopic (exact) mass is 377 g/mol. The van der Waals surface area contributed by atoms with Crippen LogP contribution in [0.5, 0.6) is 5.75 Å². The van der Waals surface area contributed by atoms with Crippen LogP contribution in [-0.4, -0.2) is 18.8 Å². The second-order valence-electron chi connectivity index (χ2n) is 3.99. The van der Waals surface area contributed by atoms with E-state index in [1.165, 1.54) is 5.56 Å². The minimum absolute atomic E-state index is 0. The number of rotatable bonds is 4. The van der Waals surface area contributed by atoms with Crippen molar-refractivity contribution in [1.29, 1.82) is 0 Å². The summed E-state index contributed by atoms with van der Waals surface area (Å²) in [5.41, 5.74) is 9.10. The third-order valence-electron chi connectivity index (χ3n) is 2.60. The molecule has 2 aromatic rings. The molecule has 0 fully saturated rings. The Morgan fingerprint density at radius 2 is 1.45 bits per heavy atom. The van der Waals surface area contributed by atoms with Gasteiger partial charge in [-0.1, -0.05) is 56.3 Å². The van der Waals surface area contributed by atoms with Gasteiger partial charge in [-0.3, -0.25) is 0 Å². The Morgan fingerprint density at radius 3 is 1.86 bits per heavy atom. The molecule has 0 amide bonds. The first kappa shape index (κ1) is 23.5. The fourth-order valence-electron chi connectivity index (χ4n) is 1.52. The average molecular weight is 377 g/mol. The number of methoxy groups -OCH3 is 1. The molecule has 0 aliphatic carbocycles. The second-order valence-corrected chi connectivity index (χ2v) is 3.99. The van der Waals surface area contributed by atoms with E-state index in [9.17, 15) is 0 Å². The van der Waals surface area contributed by atoms with Gasteiger partial charge in [-0.05, 0) is 29.7 Å². The summed E-state index contributed by atoms with van der Waals surface area (Å²) in [5, 5.41) is 8.66. The van der Waals surface area contributed by atoms with Crippen molar-refractivity contribution in [3.8, 4) is 5.75 Å². The number of hydrogen-bond donors (Lipinski definition) is 1. The largest absolute Gasteiger partial charge is 0.677 e. The molecule has 0 saturated heterocycles. The van der Waals surface area contributed by atoms with Crippen molar-refractivity contribution in [2.24, 2.45) is 0 Å². The van der Waals surface area contributed by atoms with Crippen molar-refractivity contribution >= 4 is 0 Å². The number of aliphatic hydroxyl groups is 1. The Labute approximate surface area is 159 Å². The van der Waals surface area contributed by atoms with Crippen molar-refractivity contribution in [2.45, 2.75) is 26.9 Å². The summed E-state index contributed by atoms with van der Waals surface area (Å²) in [6, 6.07) is 17.4. The van der Waals surface area contributed by atoms with Gasteiger partial charge in [0.1, 0.15) is 5.75 Å². The Hall–Kier alpha value is -0.736. The van der Waals surface area contributed by atoms with Crippen LogP contribution in [0.4, 0.5) is 0 Å². The zero-order chi connectivity index (χ0) is 15.9. The van der Waals surface area contributed by atoms with Gasteiger partial charge >= 0.3 is 0 Å². The van der Waals surface area contributed by atoms with E-state index < -0.39 is 0 Å². The molecule has 2 rings (SSSR count). The van der Waals surface area contributed by atoms with Crippen molar-refractivity contribution in [2.75, 3.05) is 13.7 Å². The summed E-state index contributed by atoms with van der Waals surface area (Å²) in [7, 11) is 1.62. The minimum atomic E-state index is 0. The van der Waals surface area contributed by atoms with Crippen LogP contribution in [0.15, 0.2) is 54.6 Å². The van der Waals surface area contributed by atoms with Crippen molar-refractivity contribution < 1.29 is 42.6 Å². The molecule has 0 spiro atoms. The van der Waals surface area contributed by atoms with Crippen LogP contribution in [0.3, 0.4) is 0 Å². The van der Waals surface area contributed by atoms with E-state index in [1.54, 1.807) is 7.11 Å². The van der Waals surface area contributed by atoms with E-state index in [2.05, 4.69) is 12.1 Å². The Kier molecular flexibility index (Phi) is 17.8. The summed E-state index contributed by atoms with van der Waals surface area (Å²) in [4.78, 5) is 0. The van der Waals surface area contributed by atoms with Gasteiger partial charge in [0.15, 0.2) is 0 Å². The summed E-state index contributed by atoms with van der Waals surface area (Å²) in [5.74, 6) is 0.817. The topological polar surface area (TPSA) is 53.3 Å².